The lowest BCUT2D eigenvalue weighted by molar-refractivity contribution is 0.509. The minimum absolute atomic E-state index is 0.566. The number of imidazole rings is 1. The van der Waals surface area contributed by atoms with Crippen molar-refractivity contribution in [1.29, 1.82) is 0 Å². The third-order valence-electron chi connectivity index (χ3n) is 2.35. The van der Waals surface area contributed by atoms with E-state index in [-0.39, 0.29) is 0 Å². The maximum atomic E-state index is 12.0. The zero-order valence-electron chi connectivity index (χ0n) is 9.57. The van der Waals surface area contributed by atoms with E-state index in [1.807, 2.05) is 16.8 Å². The SMILES string of the molecule is CN(C)S(=O)(=O)n1cncc1Cc1ccsc1. The van der Waals surface area contributed by atoms with Crippen LogP contribution in [-0.2, 0) is 16.6 Å². The first kappa shape index (κ1) is 12.3. The molecule has 7 heteroatoms. The molecule has 0 aliphatic rings. The number of nitrogens with zero attached hydrogens (tertiary/aromatic N) is 3. The van der Waals surface area contributed by atoms with Crippen LogP contribution in [0, 0.1) is 0 Å². The molecule has 0 N–H and O–H groups in total. The predicted octanol–water partition coefficient (Wildman–Crippen LogP) is 1.19. The van der Waals surface area contributed by atoms with Crippen LogP contribution in [0.2, 0.25) is 0 Å². The molecular formula is C10H13N3O2S2. The van der Waals surface area contributed by atoms with Crippen molar-refractivity contribution in [2.75, 3.05) is 14.1 Å². The first-order valence-corrected chi connectivity index (χ1v) is 7.31. The van der Waals surface area contributed by atoms with Gasteiger partial charge < -0.3 is 0 Å². The van der Waals surface area contributed by atoms with E-state index in [1.165, 1.54) is 28.7 Å². The molecule has 0 aliphatic heterocycles. The van der Waals surface area contributed by atoms with Crippen LogP contribution >= 0.6 is 11.3 Å². The van der Waals surface area contributed by atoms with E-state index in [1.54, 1.807) is 17.5 Å². The van der Waals surface area contributed by atoms with Crippen molar-refractivity contribution in [2.24, 2.45) is 0 Å². The molecule has 0 bridgehead atoms. The highest BCUT2D eigenvalue weighted by molar-refractivity contribution is 7.87. The minimum atomic E-state index is -3.48. The van der Waals surface area contributed by atoms with Gasteiger partial charge in [-0.05, 0) is 22.4 Å². The molecule has 0 spiro atoms. The Hall–Kier alpha value is -1.18. The summed E-state index contributed by atoms with van der Waals surface area (Å²) in [5.74, 6) is 0. The van der Waals surface area contributed by atoms with Gasteiger partial charge in [0.2, 0.25) is 0 Å². The monoisotopic (exact) mass is 271 g/mol. The molecule has 2 aromatic heterocycles. The molecule has 2 rings (SSSR count). The van der Waals surface area contributed by atoms with Crippen molar-refractivity contribution in [1.82, 2.24) is 13.3 Å². The van der Waals surface area contributed by atoms with E-state index in [9.17, 15) is 8.42 Å². The van der Waals surface area contributed by atoms with E-state index >= 15 is 0 Å². The van der Waals surface area contributed by atoms with E-state index in [4.69, 9.17) is 0 Å². The third kappa shape index (κ3) is 2.41. The van der Waals surface area contributed by atoms with Gasteiger partial charge >= 0.3 is 10.2 Å². The van der Waals surface area contributed by atoms with Crippen LogP contribution in [0.15, 0.2) is 29.4 Å². The van der Waals surface area contributed by atoms with Crippen molar-refractivity contribution in [3.05, 3.63) is 40.6 Å². The van der Waals surface area contributed by atoms with Crippen molar-refractivity contribution in [3.8, 4) is 0 Å². The lowest BCUT2D eigenvalue weighted by Crippen LogP contribution is -2.29. The van der Waals surface area contributed by atoms with Crippen LogP contribution in [0.25, 0.3) is 0 Å². The molecule has 2 heterocycles. The molecule has 2 aromatic rings. The largest absolute Gasteiger partial charge is 0.308 e. The lowest BCUT2D eigenvalue weighted by atomic mass is 10.2. The molecule has 0 atom stereocenters. The van der Waals surface area contributed by atoms with E-state index in [0.717, 1.165) is 5.56 Å². The summed E-state index contributed by atoms with van der Waals surface area (Å²) in [6, 6.07) is 1.98. The summed E-state index contributed by atoms with van der Waals surface area (Å²) in [6.07, 6.45) is 3.48. The molecule has 5 nitrogen and oxygen atoms in total. The predicted molar refractivity (Wildman–Crippen MR) is 67.4 cm³/mol. The van der Waals surface area contributed by atoms with Gasteiger partial charge in [-0.3, -0.25) is 0 Å². The normalized spacial score (nSPS) is 12.2. The molecule has 0 saturated carbocycles. The highest BCUT2D eigenvalue weighted by atomic mass is 32.2. The standard InChI is InChI=1S/C10H13N3O2S2/c1-12(2)17(14,15)13-8-11-6-10(13)5-9-3-4-16-7-9/h3-4,6-8H,5H2,1-2H3. The Labute approximate surface area is 105 Å². The van der Waals surface area contributed by atoms with Gasteiger partial charge in [-0.15, -0.1) is 0 Å². The van der Waals surface area contributed by atoms with E-state index in [2.05, 4.69) is 4.98 Å². The number of hydrogen-bond acceptors (Lipinski definition) is 4. The fraction of sp³-hybridized carbons (Fsp3) is 0.300. The van der Waals surface area contributed by atoms with Crippen LogP contribution in [0.3, 0.4) is 0 Å². The van der Waals surface area contributed by atoms with Gasteiger partial charge in [-0.25, -0.2) is 8.96 Å². The van der Waals surface area contributed by atoms with Gasteiger partial charge in [-0.1, -0.05) is 0 Å². The first-order chi connectivity index (χ1) is 8.01. The number of rotatable bonds is 4. The molecule has 17 heavy (non-hydrogen) atoms. The Kier molecular flexibility index (Phi) is 3.32. The van der Waals surface area contributed by atoms with Crippen LogP contribution in [0.5, 0.6) is 0 Å². The molecular weight excluding hydrogens is 258 g/mol. The Balaban J connectivity index is 2.36. The quantitative estimate of drug-likeness (QED) is 0.839. The van der Waals surface area contributed by atoms with Crippen molar-refractivity contribution in [2.45, 2.75) is 6.42 Å². The minimum Gasteiger partial charge on any atom is -0.244 e. The third-order valence-corrected chi connectivity index (χ3v) is 4.83. The average Bonchev–Trinajstić information content (AvgIpc) is 2.89. The van der Waals surface area contributed by atoms with Gasteiger partial charge in [0.1, 0.15) is 6.33 Å². The summed E-state index contributed by atoms with van der Waals surface area (Å²) >= 11 is 1.59. The highest BCUT2D eigenvalue weighted by Gasteiger charge is 2.19. The van der Waals surface area contributed by atoms with Gasteiger partial charge in [0.05, 0.1) is 5.69 Å². The Morgan fingerprint density at radius 3 is 2.82 bits per heavy atom. The average molecular weight is 271 g/mol. The van der Waals surface area contributed by atoms with Gasteiger partial charge in [0.15, 0.2) is 0 Å². The summed E-state index contributed by atoms with van der Waals surface area (Å²) < 4.78 is 26.4. The van der Waals surface area contributed by atoms with Crippen molar-refractivity contribution >= 4 is 21.5 Å². The fourth-order valence-corrected chi connectivity index (χ4v) is 3.02. The number of hydrogen-bond donors (Lipinski definition) is 0. The molecule has 0 fully saturated rings. The summed E-state index contributed by atoms with van der Waals surface area (Å²) in [4.78, 5) is 3.91. The molecule has 92 valence electrons. The lowest BCUT2D eigenvalue weighted by Gasteiger charge is -2.14. The molecule has 0 amide bonds. The Morgan fingerprint density at radius 1 is 1.47 bits per heavy atom. The zero-order chi connectivity index (χ0) is 12.5. The van der Waals surface area contributed by atoms with Gasteiger partial charge in [-0.2, -0.15) is 24.1 Å². The zero-order valence-corrected chi connectivity index (χ0v) is 11.2. The Morgan fingerprint density at radius 2 is 2.24 bits per heavy atom. The molecule has 0 unspecified atom stereocenters. The maximum absolute atomic E-state index is 12.0. The Bertz CT molecular complexity index is 585. The molecule has 0 aromatic carbocycles. The van der Waals surface area contributed by atoms with Gasteiger partial charge in [0, 0.05) is 26.7 Å². The van der Waals surface area contributed by atoms with Crippen molar-refractivity contribution < 1.29 is 8.42 Å². The molecule has 0 aliphatic carbocycles. The maximum Gasteiger partial charge on any atom is 0.308 e. The van der Waals surface area contributed by atoms with Crippen LogP contribution in [-0.4, -0.2) is 35.8 Å². The topological polar surface area (TPSA) is 55.2 Å². The van der Waals surface area contributed by atoms with Crippen LogP contribution in [0.1, 0.15) is 11.3 Å². The second kappa shape index (κ2) is 4.59. The summed E-state index contributed by atoms with van der Waals surface area (Å²) in [7, 11) is -0.469. The van der Waals surface area contributed by atoms with E-state index < -0.39 is 10.2 Å². The summed E-state index contributed by atoms with van der Waals surface area (Å²) in [6.45, 7) is 0. The first-order valence-electron chi connectivity index (χ1n) is 4.97. The molecule has 0 radical (unpaired) electrons. The number of aromatic nitrogens is 2. The second-order valence-corrected chi connectivity index (χ2v) is 6.58. The van der Waals surface area contributed by atoms with E-state index in [0.29, 0.717) is 12.1 Å². The number of thiophene rings is 1. The van der Waals surface area contributed by atoms with Crippen LogP contribution < -0.4 is 0 Å². The molecule has 0 saturated heterocycles. The summed E-state index contributed by atoms with van der Waals surface area (Å²) in [5.41, 5.74) is 1.75. The van der Waals surface area contributed by atoms with Gasteiger partial charge in [0.25, 0.3) is 0 Å². The second-order valence-electron chi connectivity index (χ2n) is 3.78. The smallest absolute Gasteiger partial charge is 0.244 e. The highest BCUT2D eigenvalue weighted by Crippen LogP contribution is 2.14. The fourth-order valence-electron chi connectivity index (χ4n) is 1.42. The van der Waals surface area contributed by atoms with Crippen LogP contribution in [0.4, 0.5) is 0 Å². The summed E-state index contributed by atoms with van der Waals surface area (Å²) in [5, 5.41) is 3.97. The van der Waals surface area contributed by atoms with Crippen molar-refractivity contribution in [3.63, 3.8) is 0 Å².